The number of anilines is 1. The maximum absolute atomic E-state index is 15.1. The van der Waals surface area contributed by atoms with Gasteiger partial charge in [-0.3, -0.25) is 4.90 Å². The molecule has 1 unspecified atom stereocenters. The third-order valence-corrected chi connectivity index (χ3v) is 8.80. The molecule has 2 aromatic rings. The number of fused-ring (bicyclic) bond motifs is 1. The van der Waals surface area contributed by atoms with Crippen LogP contribution in [0.2, 0.25) is 0 Å². The summed E-state index contributed by atoms with van der Waals surface area (Å²) in [5, 5.41) is 24.2. The third kappa shape index (κ3) is 7.49. The van der Waals surface area contributed by atoms with Gasteiger partial charge in [0.15, 0.2) is 17.9 Å². The van der Waals surface area contributed by atoms with Crippen molar-refractivity contribution in [1.82, 2.24) is 9.88 Å². The van der Waals surface area contributed by atoms with Gasteiger partial charge in [-0.1, -0.05) is 27.2 Å². The molecular weight excluding hydrogens is 525 g/mol. The molecule has 3 N–H and O–H groups in total. The van der Waals surface area contributed by atoms with E-state index in [4.69, 9.17) is 19.2 Å². The van der Waals surface area contributed by atoms with Crippen molar-refractivity contribution < 1.29 is 28.8 Å². The van der Waals surface area contributed by atoms with Gasteiger partial charge < -0.3 is 29.7 Å². The van der Waals surface area contributed by atoms with E-state index in [1.807, 2.05) is 11.0 Å². The second-order valence-corrected chi connectivity index (χ2v) is 11.9. The number of nitrogens with zero attached hydrogens (tertiary/aromatic N) is 2. The quantitative estimate of drug-likeness (QED) is 0.211. The van der Waals surface area contributed by atoms with E-state index in [2.05, 4.69) is 32.2 Å². The summed E-state index contributed by atoms with van der Waals surface area (Å²) in [7, 11) is 3.14. The van der Waals surface area contributed by atoms with E-state index < -0.39 is 18.1 Å². The van der Waals surface area contributed by atoms with Gasteiger partial charge in [0.25, 0.3) is 0 Å². The first kappa shape index (κ1) is 31.5. The van der Waals surface area contributed by atoms with Crippen LogP contribution in [0.1, 0.15) is 87.7 Å². The predicted octanol–water partition coefficient (Wildman–Crippen LogP) is 5.14. The standard InChI is InChI=1S/C32H48FN3O5/c1-6-32(2,3)21-17-25(29(40-5)26(33)18-21)28(31(37)38)36-15-13-23(20-36)41-16-9-7-8-11-22-19-27(39-4)24-12-10-14-34-30(24)35-22/h17-19,23,28,31,37-38H,6-16,20H2,1-5H3,(H,34,35)/t23-,28?/m1/s1. The van der Waals surface area contributed by atoms with Crippen molar-refractivity contribution in [2.24, 2.45) is 0 Å². The fourth-order valence-corrected chi connectivity index (χ4v) is 5.94. The predicted molar refractivity (Wildman–Crippen MR) is 158 cm³/mol. The van der Waals surface area contributed by atoms with Crippen molar-refractivity contribution in [1.29, 1.82) is 0 Å². The van der Waals surface area contributed by atoms with Crippen molar-refractivity contribution >= 4 is 5.82 Å². The first-order valence-electron chi connectivity index (χ1n) is 15.1. The van der Waals surface area contributed by atoms with Gasteiger partial charge in [0.2, 0.25) is 0 Å². The Balaban J connectivity index is 1.29. The molecule has 228 valence electrons. The summed E-state index contributed by atoms with van der Waals surface area (Å²) in [5.74, 6) is 1.47. The van der Waals surface area contributed by atoms with Crippen LogP contribution in [0, 0.1) is 5.82 Å². The molecular formula is C32H48FN3O5. The number of methoxy groups -OCH3 is 2. The SMILES string of the molecule is CCC(C)(C)c1cc(F)c(OC)c(C(C(O)O)N2CC[C@@H](OCCCCCc3cc(OC)c4c(n3)NCCC4)C2)c1. The van der Waals surface area contributed by atoms with Gasteiger partial charge in [-0.05, 0) is 68.1 Å². The Morgan fingerprint density at radius 1 is 1.15 bits per heavy atom. The average Bonchev–Trinajstić information content (AvgIpc) is 3.42. The van der Waals surface area contributed by atoms with Crippen LogP contribution in [0.15, 0.2) is 18.2 Å². The van der Waals surface area contributed by atoms with Crippen molar-refractivity contribution in [3.05, 3.63) is 46.4 Å². The molecule has 1 saturated heterocycles. The monoisotopic (exact) mass is 573 g/mol. The molecule has 1 fully saturated rings. The van der Waals surface area contributed by atoms with Gasteiger partial charge in [-0.25, -0.2) is 9.37 Å². The molecule has 1 aromatic heterocycles. The molecule has 2 aliphatic rings. The molecule has 2 aliphatic heterocycles. The lowest BCUT2D eigenvalue weighted by molar-refractivity contribution is -0.101. The largest absolute Gasteiger partial charge is 0.496 e. The topological polar surface area (TPSA) is 96.3 Å². The highest BCUT2D eigenvalue weighted by Gasteiger charge is 2.36. The number of ether oxygens (including phenoxy) is 3. The van der Waals surface area contributed by atoms with E-state index in [1.54, 1.807) is 7.11 Å². The lowest BCUT2D eigenvalue weighted by Crippen LogP contribution is -2.36. The lowest BCUT2D eigenvalue weighted by atomic mass is 9.80. The number of aliphatic hydroxyl groups is 2. The van der Waals surface area contributed by atoms with Crippen molar-refractivity contribution in [3.8, 4) is 11.5 Å². The zero-order valence-corrected chi connectivity index (χ0v) is 25.3. The van der Waals surface area contributed by atoms with Gasteiger partial charge in [0.05, 0.1) is 26.4 Å². The van der Waals surface area contributed by atoms with Crippen LogP contribution < -0.4 is 14.8 Å². The second-order valence-electron chi connectivity index (χ2n) is 11.9. The number of hydrogen-bond acceptors (Lipinski definition) is 8. The summed E-state index contributed by atoms with van der Waals surface area (Å²) >= 11 is 0. The molecule has 0 bridgehead atoms. The number of hydrogen-bond donors (Lipinski definition) is 3. The zero-order chi connectivity index (χ0) is 29.6. The number of aromatic nitrogens is 1. The van der Waals surface area contributed by atoms with Crippen molar-refractivity contribution in [2.45, 2.75) is 96.0 Å². The van der Waals surface area contributed by atoms with E-state index in [1.165, 1.54) is 18.7 Å². The summed E-state index contributed by atoms with van der Waals surface area (Å²) in [5.41, 5.74) is 3.24. The van der Waals surface area contributed by atoms with Crippen molar-refractivity contribution in [3.63, 3.8) is 0 Å². The number of aryl methyl sites for hydroxylation is 1. The Labute approximate surface area is 244 Å². The van der Waals surface area contributed by atoms with E-state index in [0.717, 1.165) is 80.7 Å². The highest BCUT2D eigenvalue weighted by atomic mass is 19.1. The number of likely N-dealkylation sites (tertiary alicyclic amines) is 1. The number of aliphatic hydroxyl groups excluding tert-OH is 1. The molecule has 0 aliphatic carbocycles. The lowest BCUT2D eigenvalue weighted by Gasteiger charge is -2.32. The average molecular weight is 574 g/mol. The maximum atomic E-state index is 15.1. The molecule has 4 rings (SSSR count). The molecule has 0 radical (unpaired) electrons. The fourth-order valence-electron chi connectivity index (χ4n) is 5.94. The Morgan fingerprint density at radius 3 is 2.66 bits per heavy atom. The normalized spacial score (nSPS) is 18.3. The van der Waals surface area contributed by atoms with Crippen LogP contribution in [0.3, 0.4) is 0 Å². The van der Waals surface area contributed by atoms with Gasteiger partial charge >= 0.3 is 0 Å². The summed E-state index contributed by atoms with van der Waals surface area (Å²) in [6, 6.07) is 4.63. The first-order chi connectivity index (χ1) is 19.7. The summed E-state index contributed by atoms with van der Waals surface area (Å²) in [4.78, 5) is 6.78. The molecule has 9 heteroatoms. The van der Waals surface area contributed by atoms with Gasteiger partial charge in [0, 0.05) is 49.1 Å². The van der Waals surface area contributed by atoms with Crippen LogP contribution >= 0.6 is 0 Å². The summed E-state index contributed by atoms with van der Waals surface area (Å²) < 4.78 is 32.3. The Hall–Kier alpha value is -2.46. The van der Waals surface area contributed by atoms with Crippen LogP contribution in [0.5, 0.6) is 11.5 Å². The highest BCUT2D eigenvalue weighted by molar-refractivity contribution is 5.54. The number of rotatable bonds is 14. The molecule has 41 heavy (non-hydrogen) atoms. The number of benzene rings is 1. The highest BCUT2D eigenvalue weighted by Crippen LogP contribution is 2.40. The molecule has 0 amide bonds. The first-order valence-corrected chi connectivity index (χ1v) is 15.1. The van der Waals surface area contributed by atoms with E-state index in [9.17, 15) is 10.2 Å². The Kier molecular flexibility index (Phi) is 10.9. The van der Waals surface area contributed by atoms with Gasteiger partial charge in [-0.15, -0.1) is 0 Å². The summed E-state index contributed by atoms with van der Waals surface area (Å²) in [6.07, 6.45) is 5.87. The molecule has 0 saturated carbocycles. The number of pyridine rings is 1. The number of unbranched alkanes of at least 4 members (excludes halogenated alkanes) is 2. The molecule has 3 heterocycles. The zero-order valence-electron chi connectivity index (χ0n) is 25.3. The van der Waals surface area contributed by atoms with E-state index >= 15 is 4.39 Å². The molecule has 1 aromatic carbocycles. The van der Waals surface area contributed by atoms with E-state index in [0.29, 0.717) is 25.3 Å². The van der Waals surface area contributed by atoms with Crippen molar-refractivity contribution in [2.75, 3.05) is 45.8 Å². The molecule has 2 atom stereocenters. The molecule has 8 nitrogen and oxygen atoms in total. The number of nitrogens with one attached hydrogen (secondary N) is 1. The smallest absolute Gasteiger partial charge is 0.171 e. The van der Waals surface area contributed by atoms with Crippen LogP contribution in [-0.4, -0.2) is 73.0 Å². The van der Waals surface area contributed by atoms with Crippen LogP contribution in [0.25, 0.3) is 0 Å². The van der Waals surface area contributed by atoms with Gasteiger partial charge in [-0.2, -0.15) is 0 Å². The number of halogens is 1. The maximum Gasteiger partial charge on any atom is 0.171 e. The minimum Gasteiger partial charge on any atom is -0.496 e. The Bertz CT molecular complexity index is 1140. The minimum atomic E-state index is -1.69. The summed E-state index contributed by atoms with van der Waals surface area (Å²) in [6.45, 7) is 8.93. The molecule has 0 spiro atoms. The third-order valence-electron chi connectivity index (χ3n) is 8.80. The fraction of sp³-hybridized carbons (Fsp3) is 0.656. The Morgan fingerprint density at radius 2 is 1.95 bits per heavy atom. The van der Waals surface area contributed by atoms with Gasteiger partial charge in [0.1, 0.15) is 11.6 Å². The van der Waals surface area contributed by atoms with Crippen LogP contribution in [-0.2, 0) is 23.0 Å². The van der Waals surface area contributed by atoms with E-state index in [-0.39, 0.29) is 17.3 Å². The minimum absolute atomic E-state index is 0.0139. The van der Waals surface area contributed by atoms with Crippen LogP contribution in [0.4, 0.5) is 10.2 Å². The second kappa shape index (κ2) is 14.1.